The van der Waals surface area contributed by atoms with Gasteiger partial charge in [-0.2, -0.15) is 18.1 Å². The number of fused-ring (bicyclic) bond motifs is 1. The van der Waals surface area contributed by atoms with Gasteiger partial charge in [-0.3, -0.25) is 9.30 Å². The van der Waals surface area contributed by atoms with E-state index >= 15 is 0 Å². The number of hydrogen-bond acceptors (Lipinski definition) is 7. The van der Waals surface area contributed by atoms with Gasteiger partial charge in [0.1, 0.15) is 17.2 Å². The SMILES string of the molecule is O=NCCc1nc(N2CCN(Cc3ccn4c(CC5CC5)nnc4c3C(F)(F)F)CC2)c(F)cc1F. The highest BCUT2D eigenvalue weighted by Crippen LogP contribution is 2.37. The molecule has 1 saturated heterocycles. The van der Waals surface area contributed by atoms with Gasteiger partial charge in [-0.1, -0.05) is 5.18 Å². The Labute approximate surface area is 203 Å². The molecule has 4 heterocycles. The third-order valence-corrected chi connectivity index (χ3v) is 6.68. The van der Waals surface area contributed by atoms with Gasteiger partial charge in [-0.25, -0.2) is 13.8 Å². The Morgan fingerprint density at radius 2 is 1.81 bits per heavy atom. The number of alkyl halides is 3. The van der Waals surface area contributed by atoms with Crippen molar-refractivity contribution in [2.75, 3.05) is 37.6 Å². The third kappa shape index (κ3) is 5.01. The molecule has 0 unspecified atom stereocenters. The van der Waals surface area contributed by atoms with Crippen LogP contribution in [0.25, 0.3) is 5.65 Å². The molecule has 5 rings (SSSR count). The van der Waals surface area contributed by atoms with E-state index < -0.39 is 23.4 Å². The zero-order chi connectivity index (χ0) is 25.4. The lowest BCUT2D eigenvalue weighted by atomic mass is 10.1. The Hall–Kier alpha value is -3.22. The van der Waals surface area contributed by atoms with Gasteiger partial charge < -0.3 is 4.90 Å². The second-order valence-corrected chi connectivity index (χ2v) is 9.26. The van der Waals surface area contributed by atoms with Gasteiger partial charge in [0.05, 0.1) is 12.2 Å². The molecule has 3 aromatic rings. The summed E-state index contributed by atoms with van der Waals surface area (Å²) in [5.41, 5.74) is -0.930. The fourth-order valence-electron chi connectivity index (χ4n) is 4.60. The van der Waals surface area contributed by atoms with Crippen molar-refractivity contribution < 1.29 is 22.0 Å². The molecule has 13 heteroatoms. The van der Waals surface area contributed by atoms with Crippen molar-refractivity contribution >= 4 is 11.5 Å². The molecule has 2 fully saturated rings. The number of halogens is 5. The molecule has 1 aliphatic heterocycles. The number of pyridine rings is 2. The van der Waals surface area contributed by atoms with Gasteiger partial charge >= 0.3 is 6.18 Å². The van der Waals surface area contributed by atoms with E-state index in [1.54, 1.807) is 11.1 Å². The van der Waals surface area contributed by atoms with E-state index in [2.05, 4.69) is 20.4 Å². The van der Waals surface area contributed by atoms with Crippen molar-refractivity contribution in [2.24, 2.45) is 11.1 Å². The summed E-state index contributed by atoms with van der Waals surface area (Å²) >= 11 is 0. The molecule has 1 aliphatic carbocycles. The van der Waals surface area contributed by atoms with E-state index in [1.807, 2.05) is 4.90 Å². The van der Waals surface area contributed by atoms with Crippen LogP contribution >= 0.6 is 0 Å². The zero-order valence-corrected chi connectivity index (χ0v) is 19.3. The van der Waals surface area contributed by atoms with E-state index in [0.717, 1.165) is 18.9 Å². The van der Waals surface area contributed by atoms with Gasteiger partial charge in [0.2, 0.25) is 0 Å². The Balaban J connectivity index is 1.32. The highest BCUT2D eigenvalue weighted by atomic mass is 19.4. The minimum Gasteiger partial charge on any atom is -0.352 e. The average molecular weight is 509 g/mol. The Morgan fingerprint density at radius 3 is 2.47 bits per heavy atom. The maximum Gasteiger partial charge on any atom is 0.420 e. The third-order valence-electron chi connectivity index (χ3n) is 6.68. The van der Waals surface area contributed by atoms with Crippen molar-refractivity contribution in [3.8, 4) is 0 Å². The van der Waals surface area contributed by atoms with Crippen LogP contribution in [-0.4, -0.2) is 57.2 Å². The number of anilines is 1. The van der Waals surface area contributed by atoms with E-state index in [0.29, 0.717) is 44.3 Å². The van der Waals surface area contributed by atoms with Crippen molar-refractivity contribution in [1.29, 1.82) is 0 Å². The predicted molar refractivity (Wildman–Crippen MR) is 120 cm³/mol. The molecule has 2 aliphatic rings. The highest BCUT2D eigenvalue weighted by molar-refractivity contribution is 5.54. The number of hydrogen-bond donors (Lipinski definition) is 0. The van der Waals surface area contributed by atoms with Crippen molar-refractivity contribution in [3.63, 3.8) is 0 Å². The Kier molecular flexibility index (Phi) is 6.58. The van der Waals surface area contributed by atoms with E-state index in [9.17, 15) is 26.9 Å². The number of nitrogens with zero attached hydrogens (tertiary/aromatic N) is 7. The second-order valence-electron chi connectivity index (χ2n) is 9.26. The largest absolute Gasteiger partial charge is 0.420 e. The maximum absolute atomic E-state index is 14.4. The molecule has 1 saturated carbocycles. The van der Waals surface area contributed by atoms with E-state index in [1.165, 1.54) is 10.5 Å². The van der Waals surface area contributed by atoms with Gasteiger partial charge in [0, 0.05) is 57.8 Å². The molecule has 3 aromatic heterocycles. The minimum atomic E-state index is -4.60. The van der Waals surface area contributed by atoms with Gasteiger partial charge in [0.25, 0.3) is 0 Å². The normalized spacial score (nSPS) is 17.2. The standard InChI is InChI=1S/C23H24F5N7O/c24-16-12-17(25)21(30-18(16)3-5-29-36)34-9-7-33(8-10-34)13-15-4-6-35-19(11-14-1-2-14)31-32-22(35)20(15)23(26,27)28/h4,6,12,14H,1-3,5,7-11,13H2. The summed E-state index contributed by atoms with van der Waals surface area (Å²) in [6, 6.07) is 2.20. The highest BCUT2D eigenvalue weighted by Gasteiger charge is 2.38. The van der Waals surface area contributed by atoms with Crippen LogP contribution in [0.5, 0.6) is 0 Å². The van der Waals surface area contributed by atoms with Crippen LogP contribution in [0, 0.1) is 22.5 Å². The lowest BCUT2D eigenvalue weighted by Gasteiger charge is -2.36. The monoisotopic (exact) mass is 509 g/mol. The molecule has 36 heavy (non-hydrogen) atoms. The first-order valence-corrected chi connectivity index (χ1v) is 11.8. The summed E-state index contributed by atoms with van der Waals surface area (Å²) in [4.78, 5) is 17.9. The zero-order valence-electron chi connectivity index (χ0n) is 19.3. The quantitative estimate of drug-likeness (QED) is 0.337. The van der Waals surface area contributed by atoms with Crippen LogP contribution in [0.4, 0.5) is 27.8 Å². The Morgan fingerprint density at radius 1 is 1.06 bits per heavy atom. The molecule has 0 N–H and O–H groups in total. The fourth-order valence-corrected chi connectivity index (χ4v) is 4.60. The topological polar surface area (TPSA) is 79.0 Å². The number of piperazine rings is 1. The average Bonchev–Trinajstić information content (AvgIpc) is 3.56. The van der Waals surface area contributed by atoms with E-state index in [-0.39, 0.29) is 42.2 Å². The fraction of sp³-hybridized carbons (Fsp3) is 0.522. The van der Waals surface area contributed by atoms with Gasteiger partial charge in [0.15, 0.2) is 17.3 Å². The summed E-state index contributed by atoms with van der Waals surface area (Å²) in [5.74, 6) is -0.720. The second kappa shape index (κ2) is 9.68. The molecular formula is C23H24F5N7O. The molecule has 0 amide bonds. The van der Waals surface area contributed by atoms with Crippen molar-refractivity contribution in [3.05, 3.63) is 57.5 Å². The summed E-state index contributed by atoms with van der Waals surface area (Å²) in [6.07, 6.45) is -0.324. The molecule has 0 spiro atoms. The smallest absolute Gasteiger partial charge is 0.352 e. The summed E-state index contributed by atoms with van der Waals surface area (Å²) in [7, 11) is 0. The lowest BCUT2D eigenvalue weighted by Crippen LogP contribution is -2.46. The van der Waals surface area contributed by atoms with Gasteiger partial charge in [-0.05, 0) is 30.4 Å². The van der Waals surface area contributed by atoms with Crippen LogP contribution in [0.1, 0.15) is 35.5 Å². The van der Waals surface area contributed by atoms with Crippen LogP contribution < -0.4 is 4.90 Å². The molecule has 8 nitrogen and oxygen atoms in total. The Bertz CT molecular complexity index is 1270. The molecule has 0 aromatic carbocycles. The van der Waals surface area contributed by atoms with Crippen molar-refractivity contribution in [2.45, 2.75) is 38.4 Å². The summed E-state index contributed by atoms with van der Waals surface area (Å²) in [6.45, 7) is 1.15. The first kappa shape index (κ1) is 24.5. The molecule has 0 radical (unpaired) electrons. The maximum atomic E-state index is 14.4. The lowest BCUT2D eigenvalue weighted by molar-refractivity contribution is -0.137. The molecule has 0 atom stereocenters. The summed E-state index contributed by atoms with van der Waals surface area (Å²) < 4.78 is 72.1. The minimum absolute atomic E-state index is 0.0407. The molecule has 192 valence electrons. The van der Waals surface area contributed by atoms with E-state index in [4.69, 9.17) is 0 Å². The van der Waals surface area contributed by atoms with Crippen LogP contribution in [-0.2, 0) is 25.6 Å². The number of nitroso groups, excluding NO2 is 1. The van der Waals surface area contributed by atoms with Crippen LogP contribution in [0.15, 0.2) is 23.5 Å². The molecule has 0 bridgehead atoms. The number of rotatable bonds is 8. The van der Waals surface area contributed by atoms with Crippen LogP contribution in [0.3, 0.4) is 0 Å². The van der Waals surface area contributed by atoms with Crippen LogP contribution in [0.2, 0.25) is 0 Å². The van der Waals surface area contributed by atoms with Crippen molar-refractivity contribution in [1.82, 2.24) is 24.5 Å². The summed E-state index contributed by atoms with van der Waals surface area (Å²) in [5, 5.41) is 10.6. The first-order valence-electron chi connectivity index (χ1n) is 11.8. The predicted octanol–water partition coefficient (Wildman–Crippen LogP) is 4.00. The van der Waals surface area contributed by atoms with Gasteiger partial charge in [-0.15, -0.1) is 10.2 Å². The first-order chi connectivity index (χ1) is 17.2. The molecular weight excluding hydrogens is 485 g/mol. The number of aromatic nitrogens is 4.